The van der Waals surface area contributed by atoms with Crippen LogP contribution in [0.4, 0.5) is 16.0 Å². The predicted octanol–water partition coefficient (Wildman–Crippen LogP) is 5.32. The minimum atomic E-state index is -1.01. The van der Waals surface area contributed by atoms with Crippen LogP contribution in [-0.4, -0.2) is 31.3 Å². The van der Waals surface area contributed by atoms with Crippen molar-refractivity contribution in [2.24, 2.45) is 4.99 Å². The Bertz CT molecular complexity index is 1440. The Hall–Kier alpha value is -4.30. The normalized spacial score (nSPS) is 14.5. The van der Waals surface area contributed by atoms with Crippen molar-refractivity contribution in [1.29, 1.82) is 0 Å². The first-order chi connectivity index (χ1) is 16.4. The molecular formula is C25H16ClFN4O3. The molecule has 3 aromatic rings. The largest absolute Gasteiger partial charge is 0.507 e. The Morgan fingerprint density at radius 1 is 1.09 bits per heavy atom. The highest BCUT2D eigenvalue weighted by Gasteiger charge is 2.27. The molecule has 2 aromatic carbocycles. The lowest BCUT2D eigenvalue weighted by molar-refractivity contribution is 0.0697. The van der Waals surface area contributed by atoms with Gasteiger partial charge in [0.2, 0.25) is 5.95 Å². The molecule has 0 amide bonds. The number of carboxylic acid groups (broad SMARTS) is 1. The van der Waals surface area contributed by atoms with Crippen LogP contribution in [0.15, 0.2) is 77.6 Å². The first kappa shape index (κ1) is 21.5. The van der Waals surface area contributed by atoms with E-state index in [1.54, 1.807) is 24.5 Å². The Morgan fingerprint density at radius 3 is 2.62 bits per heavy atom. The molecule has 1 aliphatic carbocycles. The van der Waals surface area contributed by atoms with E-state index in [2.05, 4.69) is 20.3 Å². The SMILES string of the molecule is O=C(O)c1ccc(Nc2ncc3c(n2)C2=CN=C(Cl)C=C(c4c(O)cccc4F)C2=CC3)cc1. The topological polar surface area (TPSA) is 108 Å². The molecule has 1 aliphatic heterocycles. The zero-order chi connectivity index (χ0) is 23.8. The number of phenols is 1. The summed E-state index contributed by atoms with van der Waals surface area (Å²) < 4.78 is 14.7. The minimum absolute atomic E-state index is 0.0317. The molecule has 0 bridgehead atoms. The van der Waals surface area contributed by atoms with Crippen LogP contribution in [0.2, 0.25) is 0 Å². The van der Waals surface area contributed by atoms with E-state index in [0.717, 1.165) is 5.56 Å². The fraction of sp³-hybridized carbons (Fsp3) is 0.0400. The second-order valence-corrected chi connectivity index (χ2v) is 7.97. The summed E-state index contributed by atoms with van der Waals surface area (Å²) >= 11 is 6.25. The number of aromatic nitrogens is 2. The number of hydrogen-bond acceptors (Lipinski definition) is 6. The van der Waals surface area contributed by atoms with Gasteiger partial charge in [0.25, 0.3) is 0 Å². The molecule has 1 aromatic heterocycles. The monoisotopic (exact) mass is 474 g/mol. The molecule has 34 heavy (non-hydrogen) atoms. The molecule has 0 spiro atoms. The number of rotatable bonds is 4. The number of carboxylic acids is 1. The van der Waals surface area contributed by atoms with E-state index in [1.807, 2.05) is 6.08 Å². The average Bonchev–Trinajstić information content (AvgIpc) is 2.98. The number of allylic oxidation sites excluding steroid dienone is 5. The van der Waals surface area contributed by atoms with Gasteiger partial charge >= 0.3 is 5.97 Å². The summed E-state index contributed by atoms with van der Waals surface area (Å²) in [5.74, 6) is -1.51. The molecule has 5 rings (SSSR count). The third kappa shape index (κ3) is 3.95. The van der Waals surface area contributed by atoms with Crippen LogP contribution < -0.4 is 5.32 Å². The maximum Gasteiger partial charge on any atom is 0.335 e. The number of aromatic hydroxyl groups is 1. The Balaban J connectivity index is 1.54. The van der Waals surface area contributed by atoms with Crippen molar-refractivity contribution < 1.29 is 19.4 Å². The molecule has 2 aliphatic rings. The van der Waals surface area contributed by atoms with E-state index in [0.29, 0.717) is 40.5 Å². The number of aliphatic imine (C=N–C) groups is 1. The zero-order valence-electron chi connectivity index (χ0n) is 17.5. The molecule has 0 saturated heterocycles. The van der Waals surface area contributed by atoms with Gasteiger partial charge in [-0.2, -0.15) is 0 Å². The summed E-state index contributed by atoms with van der Waals surface area (Å²) in [6.45, 7) is 0. The third-order valence-corrected chi connectivity index (χ3v) is 5.66. The Kier molecular flexibility index (Phi) is 5.43. The molecule has 0 atom stereocenters. The summed E-state index contributed by atoms with van der Waals surface area (Å²) in [4.78, 5) is 24.3. The molecule has 9 heteroatoms. The molecule has 0 fully saturated rings. The van der Waals surface area contributed by atoms with Gasteiger partial charge in [-0.25, -0.2) is 24.1 Å². The maximum atomic E-state index is 14.7. The molecule has 0 saturated carbocycles. The Morgan fingerprint density at radius 2 is 1.88 bits per heavy atom. The summed E-state index contributed by atoms with van der Waals surface area (Å²) in [6.07, 6.45) is 7.15. The zero-order valence-corrected chi connectivity index (χ0v) is 18.2. The summed E-state index contributed by atoms with van der Waals surface area (Å²) in [6, 6.07) is 10.3. The minimum Gasteiger partial charge on any atom is -0.507 e. The van der Waals surface area contributed by atoms with Gasteiger partial charge in [-0.1, -0.05) is 23.7 Å². The predicted molar refractivity (Wildman–Crippen MR) is 128 cm³/mol. The number of phenolic OH excluding ortho intramolecular Hbond substituents is 1. The van der Waals surface area contributed by atoms with Crippen LogP contribution in [0, 0.1) is 5.82 Å². The summed E-state index contributed by atoms with van der Waals surface area (Å²) in [7, 11) is 0. The number of hydrogen-bond donors (Lipinski definition) is 3. The summed E-state index contributed by atoms with van der Waals surface area (Å²) in [5.41, 5.74) is 3.90. The highest BCUT2D eigenvalue weighted by Crippen LogP contribution is 2.43. The first-order valence-electron chi connectivity index (χ1n) is 10.2. The molecule has 0 radical (unpaired) electrons. The standard InChI is InChI=1S/C25H16ClFN4O3/c26-21-10-17(22-19(27)2-1-3-20(22)32)16-9-6-14-11-29-25(31-23(14)18(16)12-28-21)30-15-7-4-13(5-8-15)24(33)34/h1-5,7-12,32H,6H2,(H,33,34)(H,29,30,31). The molecule has 168 valence electrons. The number of nitrogens with zero attached hydrogens (tertiary/aromatic N) is 3. The lowest BCUT2D eigenvalue weighted by Crippen LogP contribution is -2.10. The Labute approximate surface area is 198 Å². The van der Waals surface area contributed by atoms with Gasteiger partial charge in [0.15, 0.2) is 0 Å². The fourth-order valence-corrected chi connectivity index (χ4v) is 4.01. The highest BCUT2D eigenvalue weighted by atomic mass is 35.5. The quantitative estimate of drug-likeness (QED) is 0.472. The van der Waals surface area contributed by atoms with E-state index < -0.39 is 11.8 Å². The van der Waals surface area contributed by atoms with Crippen LogP contribution in [0.3, 0.4) is 0 Å². The van der Waals surface area contributed by atoms with Crippen molar-refractivity contribution in [3.8, 4) is 5.75 Å². The van der Waals surface area contributed by atoms with Crippen LogP contribution in [0.25, 0.3) is 11.1 Å². The van der Waals surface area contributed by atoms with E-state index >= 15 is 0 Å². The van der Waals surface area contributed by atoms with Gasteiger partial charge < -0.3 is 15.5 Å². The fourth-order valence-electron chi connectivity index (χ4n) is 3.86. The number of aromatic carboxylic acids is 1. The first-order valence-corrected chi connectivity index (χ1v) is 10.6. The number of carbonyl (C=O) groups is 1. The van der Waals surface area contributed by atoms with Gasteiger partial charge in [-0.15, -0.1) is 0 Å². The lowest BCUT2D eigenvalue weighted by atomic mass is 9.84. The smallest absolute Gasteiger partial charge is 0.335 e. The van der Waals surface area contributed by atoms with Gasteiger partial charge in [0, 0.05) is 29.2 Å². The average molecular weight is 475 g/mol. The summed E-state index contributed by atoms with van der Waals surface area (Å²) in [5, 5.41) is 22.6. The van der Waals surface area contributed by atoms with Crippen molar-refractivity contribution in [1.82, 2.24) is 9.97 Å². The van der Waals surface area contributed by atoms with Crippen molar-refractivity contribution in [2.45, 2.75) is 6.42 Å². The van der Waals surface area contributed by atoms with E-state index in [-0.39, 0.29) is 22.0 Å². The van der Waals surface area contributed by atoms with Crippen molar-refractivity contribution in [2.75, 3.05) is 5.32 Å². The number of nitrogens with one attached hydrogen (secondary N) is 1. The van der Waals surface area contributed by atoms with Crippen molar-refractivity contribution in [3.05, 3.63) is 101 Å². The third-order valence-electron chi connectivity index (χ3n) is 5.46. The van der Waals surface area contributed by atoms with E-state index in [9.17, 15) is 14.3 Å². The van der Waals surface area contributed by atoms with E-state index in [1.165, 1.54) is 36.4 Å². The van der Waals surface area contributed by atoms with Gasteiger partial charge in [-0.3, -0.25) is 0 Å². The molecular weight excluding hydrogens is 459 g/mol. The molecule has 7 nitrogen and oxygen atoms in total. The maximum absolute atomic E-state index is 14.7. The number of anilines is 2. The second-order valence-electron chi connectivity index (χ2n) is 7.58. The second kappa shape index (κ2) is 8.57. The van der Waals surface area contributed by atoms with E-state index in [4.69, 9.17) is 16.7 Å². The number of halogens is 2. The molecule has 0 unspecified atom stereocenters. The number of fused-ring (bicyclic) bond motifs is 3. The van der Waals surface area contributed by atoms with Crippen molar-refractivity contribution in [3.63, 3.8) is 0 Å². The number of benzene rings is 2. The van der Waals surface area contributed by atoms with Gasteiger partial charge in [-0.05, 0) is 60.0 Å². The molecule has 3 N–H and O–H groups in total. The van der Waals surface area contributed by atoms with Crippen LogP contribution in [0.1, 0.15) is 27.2 Å². The highest BCUT2D eigenvalue weighted by molar-refractivity contribution is 6.69. The van der Waals surface area contributed by atoms with Crippen LogP contribution in [0.5, 0.6) is 5.75 Å². The molecule has 2 heterocycles. The van der Waals surface area contributed by atoms with Gasteiger partial charge in [0.1, 0.15) is 16.7 Å². The van der Waals surface area contributed by atoms with Crippen LogP contribution >= 0.6 is 11.6 Å². The van der Waals surface area contributed by atoms with Crippen molar-refractivity contribution >= 4 is 45.5 Å². The van der Waals surface area contributed by atoms with Crippen LogP contribution in [-0.2, 0) is 6.42 Å². The lowest BCUT2D eigenvalue weighted by Gasteiger charge is -2.22. The van der Waals surface area contributed by atoms with Gasteiger partial charge in [0.05, 0.1) is 16.8 Å².